The molecule has 1 spiro atoms. The Morgan fingerprint density at radius 2 is 1.74 bits per heavy atom. The van der Waals surface area contributed by atoms with Gasteiger partial charge < -0.3 is 29.9 Å². The molecule has 7 fully saturated rings. The minimum absolute atomic E-state index is 0.00824. The number of hydrogen-bond donors (Lipinski definition) is 3. The number of aromatic nitrogens is 3. The number of piperazine rings is 1. The van der Waals surface area contributed by atoms with Crippen LogP contribution in [0.25, 0.3) is 32.9 Å². The molecule has 360 valence electrons. The smallest absolute Gasteiger partial charge is 0.319 e. The summed E-state index contributed by atoms with van der Waals surface area (Å²) in [5, 5.41) is 18.1. The van der Waals surface area contributed by atoms with Crippen molar-refractivity contribution < 1.29 is 28.2 Å². The fraction of sp³-hybridized carbons (Fsp3) is 0.491. The lowest BCUT2D eigenvalue weighted by Crippen LogP contribution is -2.67. The van der Waals surface area contributed by atoms with Gasteiger partial charge in [-0.15, -0.1) is 6.42 Å². The van der Waals surface area contributed by atoms with Crippen molar-refractivity contribution in [3.05, 3.63) is 82.5 Å². The molecule has 15 heteroatoms. The maximum absolute atomic E-state index is 17.1. The number of aliphatic imine (C=N–C) groups is 1. The zero-order chi connectivity index (χ0) is 47.6. The number of halogens is 2. The second-order valence-electron chi connectivity index (χ2n) is 22.1. The quantitative estimate of drug-likeness (QED) is 0.0968. The summed E-state index contributed by atoms with van der Waals surface area (Å²) in [5.74, 6) is 1.27. The van der Waals surface area contributed by atoms with E-state index in [0.29, 0.717) is 70.9 Å². The number of phenolic OH excluding ortho intramolecular Hbond substituents is 1. The van der Waals surface area contributed by atoms with Gasteiger partial charge in [0.1, 0.15) is 28.6 Å². The third-order valence-corrected chi connectivity index (χ3v) is 17.3. The molecule has 2 amide bonds. The Hall–Kier alpha value is -6.08. The van der Waals surface area contributed by atoms with Crippen LogP contribution >= 0.6 is 0 Å². The van der Waals surface area contributed by atoms with Gasteiger partial charge >= 0.3 is 6.01 Å². The SMILES string of the molecule is C#Cc1c(F)ccc2cc(O)cc(-c3ncc4c(N5CC6CCC(C5)N6)nc(OCC5(CN6CC7(CC(N8CCC(c9ccc%10c(c9)C(C)N=C%10C9CCC(=O)NC9=O)CC8)C7)C6)CC5)nc4c3F)c12. The summed E-state index contributed by atoms with van der Waals surface area (Å²) >= 11 is 0. The van der Waals surface area contributed by atoms with Gasteiger partial charge in [0.25, 0.3) is 0 Å². The van der Waals surface area contributed by atoms with Crippen molar-refractivity contribution in [1.29, 1.82) is 0 Å². The van der Waals surface area contributed by atoms with Crippen LogP contribution in [0.4, 0.5) is 14.6 Å². The number of piperidine rings is 2. The second-order valence-corrected chi connectivity index (χ2v) is 22.1. The third kappa shape index (κ3) is 7.51. The van der Waals surface area contributed by atoms with Gasteiger partial charge in [-0.05, 0) is 124 Å². The molecular formula is C55H57F2N9O4. The number of nitrogens with one attached hydrogen (secondary N) is 2. The van der Waals surface area contributed by atoms with Crippen molar-refractivity contribution >= 4 is 45.0 Å². The van der Waals surface area contributed by atoms with E-state index in [9.17, 15) is 14.7 Å². The van der Waals surface area contributed by atoms with E-state index in [1.54, 1.807) is 6.20 Å². The molecule has 13 nitrogen and oxygen atoms in total. The number of imide groups is 1. The number of pyridine rings is 1. The van der Waals surface area contributed by atoms with Crippen LogP contribution in [-0.4, -0.2) is 118 Å². The summed E-state index contributed by atoms with van der Waals surface area (Å²) in [6.45, 7) is 9.35. The fourth-order valence-corrected chi connectivity index (χ4v) is 13.5. The molecule has 2 aromatic heterocycles. The van der Waals surface area contributed by atoms with E-state index < -0.39 is 11.6 Å². The number of anilines is 1. The second kappa shape index (κ2) is 16.5. The van der Waals surface area contributed by atoms with Gasteiger partial charge in [0.2, 0.25) is 11.8 Å². The predicted octanol–water partition coefficient (Wildman–Crippen LogP) is 7.17. The molecule has 8 aliphatic rings. The number of hydrogen-bond acceptors (Lipinski definition) is 12. The van der Waals surface area contributed by atoms with E-state index in [1.165, 1.54) is 48.2 Å². The van der Waals surface area contributed by atoms with Gasteiger partial charge in [-0.1, -0.05) is 30.2 Å². The molecule has 4 unspecified atom stereocenters. The van der Waals surface area contributed by atoms with Crippen LogP contribution < -0.4 is 20.3 Å². The molecule has 8 heterocycles. The number of fused-ring (bicyclic) bond motifs is 5. The maximum atomic E-state index is 17.1. The predicted molar refractivity (Wildman–Crippen MR) is 262 cm³/mol. The van der Waals surface area contributed by atoms with E-state index >= 15 is 8.78 Å². The highest BCUT2D eigenvalue weighted by Gasteiger charge is 2.56. The molecule has 2 bridgehead atoms. The fourth-order valence-electron chi connectivity index (χ4n) is 13.5. The number of carbonyl (C=O) groups excluding carboxylic acids is 2. The molecule has 2 saturated carbocycles. The van der Waals surface area contributed by atoms with Crippen molar-refractivity contribution in [2.75, 3.05) is 57.3 Å². The number of likely N-dealkylation sites (tertiary alicyclic amines) is 2. The first-order chi connectivity index (χ1) is 33.9. The van der Waals surface area contributed by atoms with E-state index in [-0.39, 0.29) is 63.3 Å². The first-order valence-electron chi connectivity index (χ1n) is 25.4. The van der Waals surface area contributed by atoms with Gasteiger partial charge in [0.15, 0.2) is 5.82 Å². The lowest BCUT2D eigenvalue weighted by Gasteiger charge is -2.62. The zero-order valence-electron chi connectivity index (χ0n) is 39.4. The van der Waals surface area contributed by atoms with Crippen molar-refractivity contribution in [2.45, 2.75) is 101 Å². The molecule has 2 aliphatic carbocycles. The van der Waals surface area contributed by atoms with Gasteiger partial charge in [-0.2, -0.15) is 9.97 Å². The topological polar surface area (TPSA) is 148 Å². The van der Waals surface area contributed by atoms with Crippen LogP contribution in [0.5, 0.6) is 11.8 Å². The summed E-state index contributed by atoms with van der Waals surface area (Å²) < 4.78 is 38.7. The van der Waals surface area contributed by atoms with Crippen molar-refractivity contribution in [3.8, 4) is 35.4 Å². The lowest BCUT2D eigenvalue weighted by molar-refractivity contribution is -0.134. The average Bonchev–Trinajstić information content (AvgIpc) is 3.92. The van der Waals surface area contributed by atoms with Gasteiger partial charge in [0.05, 0.1) is 35.2 Å². The Kier molecular flexibility index (Phi) is 10.3. The Labute approximate surface area is 405 Å². The highest BCUT2D eigenvalue weighted by molar-refractivity contribution is 6.18. The number of terminal acetylenes is 1. The number of carbonyl (C=O) groups is 2. The summed E-state index contributed by atoms with van der Waals surface area (Å²) in [7, 11) is 0. The number of amides is 2. The van der Waals surface area contributed by atoms with Gasteiger partial charge in [0, 0.05) is 85.4 Å². The molecule has 4 atom stereocenters. The van der Waals surface area contributed by atoms with Gasteiger partial charge in [-0.25, -0.2) is 8.78 Å². The Balaban J connectivity index is 0.655. The summed E-state index contributed by atoms with van der Waals surface area (Å²) in [5.41, 5.74) is 4.97. The molecule has 13 rings (SSSR count). The summed E-state index contributed by atoms with van der Waals surface area (Å²) in [6.07, 6.45) is 17.2. The molecule has 3 N–H and O–H groups in total. The monoisotopic (exact) mass is 945 g/mol. The minimum atomic E-state index is -0.717. The Morgan fingerprint density at radius 1 is 0.957 bits per heavy atom. The summed E-state index contributed by atoms with van der Waals surface area (Å²) in [6, 6.07) is 13.7. The molecule has 6 aliphatic heterocycles. The summed E-state index contributed by atoms with van der Waals surface area (Å²) in [4.78, 5) is 51.2. The lowest BCUT2D eigenvalue weighted by atomic mass is 9.59. The van der Waals surface area contributed by atoms with Crippen molar-refractivity contribution in [2.24, 2.45) is 21.7 Å². The third-order valence-electron chi connectivity index (χ3n) is 17.3. The van der Waals surface area contributed by atoms with Crippen LogP contribution in [0, 0.1) is 40.7 Å². The van der Waals surface area contributed by atoms with E-state index in [0.717, 1.165) is 95.6 Å². The van der Waals surface area contributed by atoms with Crippen molar-refractivity contribution in [1.82, 2.24) is 35.4 Å². The zero-order valence-corrected chi connectivity index (χ0v) is 39.4. The number of benzene rings is 3. The number of phenols is 1. The first kappa shape index (κ1) is 43.9. The molecular weight excluding hydrogens is 889 g/mol. The van der Waals surface area contributed by atoms with Gasteiger partial charge in [-0.3, -0.25) is 24.9 Å². The molecule has 70 heavy (non-hydrogen) atoms. The van der Waals surface area contributed by atoms with Crippen LogP contribution in [0.15, 0.2) is 53.7 Å². The van der Waals surface area contributed by atoms with Crippen LogP contribution in [-0.2, 0) is 9.59 Å². The Bertz CT molecular complexity index is 3080. The highest BCUT2D eigenvalue weighted by atomic mass is 19.1. The average molecular weight is 946 g/mol. The van der Waals surface area contributed by atoms with Crippen molar-refractivity contribution in [3.63, 3.8) is 0 Å². The number of rotatable bonds is 10. The molecule has 3 aromatic carbocycles. The largest absolute Gasteiger partial charge is 0.508 e. The number of aromatic hydroxyl groups is 1. The standard InChI is InChI=1S/C55H57F2N9O4/c1-3-38-44(56)10-5-33-18-37(67)20-42(46(33)38)49-47(57)50-43(23-58-49)51(66-24-34-6-7-35(25-66)60-34)63-53(62-50)70-29-54(14-15-54)26-64-27-55(28-64)21-36(22-55)65-16-12-31(13-17-65)32-4-8-39-41(19-32)30(2)59-48(39)40-9-11-45(68)61-52(40)69/h1,4-5,8,10,18-20,23,30-31,34-36,40,60,67H,6-7,9,11-17,21-22,24-29H2,2H3,(H,61,68,69). The Morgan fingerprint density at radius 3 is 2.49 bits per heavy atom. The normalized spacial score (nSPS) is 26.2. The van der Waals surface area contributed by atoms with Crippen LogP contribution in [0.3, 0.4) is 0 Å². The number of nitrogens with zero attached hydrogens (tertiary/aromatic N) is 7. The van der Waals surface area contributed by atoms with E-state index in [1.807, 2.05) is 0 Å². The maximum Gasteiger partial charge on any atom is 0.319 e. The minimum Gasteiger partial charge on any atom is -0.508 e. The molecule has 0 radical (unpaired) electrons. The molecule has 5 saturated heterocycles. The van der Waals surface area contributed by atoms with Crippen LogP contribution in [0.2, 0.25) is 0 Å². The molecule has 5 aromatic rings. The van der Waals surface area contributed by atoms with E-state index in [4.69, 9.17) is 26.1 Å². The first-order valence-corrected chi connectivity index (χ1v) is 25.4. The van der Waals surface area contributed by atoms with Crippen LogP contribution in [0.1, 0.15) is 105 Å². The highest BCUT2D eigenvalue weighted by Crippen LogP contribution is 2.55. The van der Waals surface area contributed by atoms with E-state index in [2.05, 4.69) is 61.4 Å². The number of ether oxygens (including phenoxy) is 1.